The van der Waals surface area contributed by atoms with Crippen molar-refractivity contribution in [1.29, 1.82) is 0 Å². The largest absolute Gasteiger partial charge is 0.496 e. The Bertz CT molecular complexity index is 535. The summed E-state index contributed by atoms with van der Waals surface area (Å²) in [6.07, 6.45) is 3.61. The predicted octanol–water partition coefficient (Wildman–Crippen LogP) is 2.73. The summed E-state index contributed by atoms with van der Waals surface area (Å²) in [5.41, 5.74) is 3.52. The van der Waals surface area contributed by atoms with Gasteiger partial charge in [-0.15, -0.1) is 0 Å². The number of aromatic amines is 1. The van der Waals surface area contributed by atoms with Crippen LogP contribution >= 0.6 is 0 Å². The molecule has 0 spiro atoms. The van der Waals surface area contributed by atoms with Crippen molar-refractivity contribution in [3.05, 3.63) is 47.0 Å². The topological polar surface area (TPSA) is 49.9 Å². The summed E-state index contributed by atoms with van der Waals surface area (Å²) in [6, 6.07) is 4.26. The number of aromatic nitrogens is 2. The van der Waals surface area contributed by atoms with Crippen LogP contribution in [-0.4, -0.2) is 23.6 Å². The number of aryl methyl sites for hydroxylation is 1. The zero-order valence-corrected chi connectivity index (χ0v) is 11.9. The van der Waals surface area contributed by atoms with Crippen LogP contribution < -0.4 is 10.1 Å². The summed E-state index contributed by atoms with van der Waals surface area (Å²) in [5.74, 6) is 1.84. The van der Waals surface area contributed by atoms with Gasteiger partial charge in [-0.25, -0.2) is 4.98 Å². The molecule has 0 saturated heterocycles. The van der Waals surface area contributed by atoms with Gasteiger partial charge in [-0.1, -0.05) is 19.1 Å². The molecule has 0 radical (unpaired) electrons. The van der Waals surface area contributed by atoms with Crippen LogP contribution in [0, 0.1) is 13.8 Å². The van der Waals surface area contributed by atoms with Gasteiger partial charge >= 0.3 is 0 Å². The third kappa shape index (κ3) is 2.63. The van der Waals surface area contributed by atoms with E-state index in [2.05, 4.69) is 48.2 Å². The van der Waals surface area contributed by atoms with Gasteiger partial charge in [0.2, 0.25) is 0 Å². The van der Waals surface area contributed by atoms with Crippen LogP contribution in [0.25, 0.3) is 0 Å². The number of ether oxygens (including phenoxy) is 1. The third-order valence-electron chi connectivity index (χ3n) is 3.42. The molecule has 1 unspecified atom stereocenters. The zero-order chi connectivity index (χ0) is 13.8. The Balaban J connectivity index is 2.51. The first-order valence-electron chi connectivity index (χ1n) is 6.55. The third-order valence-corrected chi connectivity index (χ3v) is 3.42. The lowest BCUT2D eigenvalue weighted by atomic mass is 9.98. The van der Waals surface area contributed by atoms with Crippen LogP contribution in [0.4, 0.5) is 0 Å². The molecule has 0 amide bonds. The molecule has 0 saturated carbocycles. The average Bonchev–Trinajstić information content (AvgIpc) is 2.93. The van der Waals surface area contributed by atoms with E-state index in [-0.39, 0.29) is 6.04 Å². The van der Waals surface area contributed by atoms with Crippen molar-refractivity contribution in [1.82, 2.24) is 15.3 Å². The Kier molecular flexibility index (Phi) is 4.22. The lowest BCUT2D eigenvalue weighted by Crippen LogP contribution is -2.24. The predicted molar refractivity (Wildman–Crippen MR) is 76.6 cm³/mol. The van der Waals surface area contributed by atoms with Crippen molar-refractivity contribution in [2.24, 2.45) is 0 Å². The lowest BCUT2D eigenvalue weighted by molar-refractivity contribution is 0.400. The molecule has 102 valence electrons. The van der Waals surface area contributed by atoms with E-state index in [4.69, 9.17) is 4.74 Å². The molecule has 1 aromatic heterocycles. The molecule has 2 rings (SSSR count). The lowest BCUT2D eigenvalue weighted by Gasteiger charge is -2.21. The van der Waals surface area contributed by atoms with Crippen LogP contribution in [-0.2, 0) is 0 Å². The smallest absolute Gasteiger partial charge is 0.127 e. The van der Waals surface area contributed by atoms with Crippen LogP contribution in [0.15, 0.2) is 24.5 Å². The number of nitrogens with one attached hydrogen (secondary N) is 2. The first-order valence-corrected chi connectivity index (χ1v) is 6.55. The van der Waals surface area contributed by atoms with Gasteiger partial charge in [-0.05, 0) is 31.5 Å². The summed E-state index contributed by atoms with van der Waals surface area (Å²) < 4.78 is 5.60. The molecule has 2 N–H and O–H groups in total. The number of hydrogen-bond donors (Lipinski definition) is 2. The molecule has 1 heterocycles. The fraction of sp³-hybridized carbons (Fsp3) is 0.400. The monoisotopic (exact) mass is 259 g/mol. The van der Waals surface area contributed by atoms with Crippen molar-refractivity contribution < 1.29 is 4.74 Å². The van der Waals surface area contributed by atoms with Crippen LogP contribution in [0.5, 0.6) is 5.75 Å². The van der Waals surface area contributed by atoms with Gasteiger partial charge in [0, 0.05) is 18.0 Å². The van der Waals surface area contributed by atoms with Gasteiger partial charge in [0.1, 0.15) is 11.6 Å². The first-order chi connectivity index (χ1) is 9.19. The molecule has 0 aliphatic rings. The number of benzene rings is 1. The Morgan fingerprint density at radius 1 is 1.37 bits per heavy atom. The summed E-state index contributed by atoms with van der Waals surface area (Å²) >= 11 is 0. The highest BCUT2D eigenvalue weighted by molar-refractivity contribution is 5.48. The van der Waals surface area contributed by atoms with Crippen molar-refractivity contribution in [3.8, 4) is 5.75 Å². The number of methoxy groups -OCH3 is 1. The summed E-state index contributed by atoms with van der Waals surface area (Å²) in [4.78, 5) is 7.54. The van der Waals surface area contributed by atoms with Gasteiger partial charge in [-0.3, -0.25) is 0 Å². The van der Waals surface area contributed by atoms with E-state index in [1.54, 1.807) is 13.3 Å². The fourth-order valence-corrected chi connectivity index (χ4v) is 2.30. The molecule has 19 heavy (non-hydrogen) atoms. The van der Waals surface area contributed by atoms with E-state index in [0.29, 0.717) is 0 Å². The van der Waals surface area contributed by atoms with E-state index >= 15 is 0 Å². The highest BCUT2D eigenvalue weighted by Crippen LogP contribution is 2.32. The molecule has 4 nitrogen and oxygen atoms in total. The maximum atomic E-state index is 5.60. The van der Waals surface area contributed by atoms with E-state index in [9.17, 15) is 0 Å². The molecule has 0 bridgehead atoms. The summed E-state index contributed by atoms with van der Waals surface area (Å²) in [5, 5.41) is 3.45. The Hall–Kier alpha value is -1.81. The SMILES string of the molecule is CCNC(c1ncc[nH]1)c1ccc(C)c(C)c1OC. The molecule has 2 aromatic rings. The minimum atomic E-state index is 0.0225. The molecule has 0 aliphatic carbocycles. The van der Waals surface area contributed by atoms with Gasteiger partial charge in [0.25, 0.3) is 0 Å². The van der Waals surface area contributed by atoms with E-state index in [1.165, 1.54) is 11.1 Å². The molecule has 4 heteroatoms. The van der Waals surface area contributed by atoms with Gasteiger partial charge in [-0.2, -0.15) is 0 Å². The molecule has 0 fully saturated rings. The standard InChI is InChI=1S/C15H21N3O/c1-5-16-13(15-17-8-9-18-15)12-7-6-10(2)11(3)14(12)19-4/h6-9,13,16H,5H2,1-4H3,(H,17,18). The minimum absolute atomic E-state index is 0.0225. The number of rotatable bonds is 5. The van der Waals surface area contributed by atoms with Crippen molar-refractivity contribution in [3.63, 3.8) is 0 Å². The van der Waals surface area contributed by atoms with Gasteiger partial charge in [0.05, 0.1) is 13.2 Å². The van der Waals surface area contributed by atoms with Gasteiger partial charge in [0.15, 0.2) is 0 Å². The van der Waals surface area contributed by atoms with Crippen molar-refractivity contribution in [2.45, 2.75) is 26.8 Å². The van der Waals surface area contributed by atoms with Gasteiger partial charge < -0.3 is 15.0 Å². The van der Waals surface area contributed by atoms with Crippen LogP contribution in [0.3, 0.4) is 0 Å². The van der Waals surface area contributed by atoms with Crippen LogP contribution in [0.1, 0.15) is 35.5 Å². The molecule has 1 aromatic carbocycles. The Labute approximate surface area is 114 Å². The second-order valence-corrected chi connectivity index (χ2v) is 4.60. The zero-order valence-electron chi connectivity index (χ0n) is 11.9. The Morgan fingerprint density at radius 3 is 2.74 bits per heavy atom. The highest BCUT2D eigenvalue weighted by Gasteiger charge is 2.21. The maximum Gasteiger partial charge on any atom is 0.127 e. The van der Waals surface area contributed by atoms with Crippen molar-refractivity contribution >= 4 is 0 Å². The second-order valence-electron chi connectivity index (χ2n) is 4.60. The minimum Gasteiger partial charge on any atom is -0.496 e. The van der Waals surface area contributed by atoms with E-state index < -0.39 is 0 Å². The number of imidazole rings is 1. The number of H-pyrrole nitrogens is 1. The van der Waals surface area contributed by atoms with E-state index in [1.807, 2.05) is 6.20 Å². The first kappa shape index (κ1) is 13.6. The molecule has 0 aliphatic heterocycles. The molecular formula is C15H21N3O. The maximum absolute atomic E-state index is 5.60. The summed E-state index contributed by atoms with van der Waals surface area (Å²) in [7, 11) is 1.72. The fourth-order valence-electron chi connectivity index (χ4n) is 2.30. The second kappa shape index (κ2) is 5.89. The number of hydrogen-bond acceptors (Lipinski definition) is 3. The number of nitrogens with zero attached hydrogens (tertiary/aromatic N) is 1. The quantitative estimate of drug-likeness (QED) is 0.868. The summed E-state index contributed by atoms with van der Waals surface area (Å²) in [6.45, 7) is 7.13. The normalized spacial score (nSPS) is 12.4. The molecular weight excluding hydrogens is 238 g/mol. The Morgan fingerprint density at radius 2 is 2.16 bits per heavy atom. The molecule has 1 atom stereocenters. The van der Waals surface area contributed by atoms with E-state index in [0.717, 1.165) is 23.7 Å². The highest BCUT2D eigenvalue weighted by atomic mass is 16.5. The van der Waals surface area contributed by atoms with Crippen molar-refractivity contribution in [2.75, 3.05) is 13.7 Å². The average molecular weight is 259 g/mol. The van der Waals surface area contributed by atoms with Crippen LogP contribution in [0.2, 0.25) is 0 Å².